The molecule has 0 saturated carbocycles. The molecule has 25 heavy (non-hydrogen) atoms. The van der Waals surface area contributed by atoms with Gasteiger partial charge in [0.15, 0.2) is 11.5 Å². The van der Waals surface area contributed by atoms with E-state index in [1.165, 1.54) is 11.3 Å². The van der Waals surface area contributed by atoms with Gasteiger partial charge in [0.25, 0.3) is 5.56 Å². The fraction of sp³-hybridized carbons (Fsp3) is 0.368. The first-order chi connectivity index (χ1) is 12.2. The highest BCUT2D eigenvalue weighted by atomic mass is 32.1. The first-order valence-corrected chi connectivity index (χ1v) is 9.26. The van der Waals surface area contributed by atoms with Gasteiger partial charge in [0.1, 0.15) is 4.83 Å². The molecule has 3 aromatic rings. The van der Waals surface area contributed by atoms with E-state index in [9.17, 15) is 4.79 Å². The molecule has 3 rings (SSSR count). The summed E-state index contributed by atoms with van der Waals surface area (Å²) in [5, 5.41) is 2.66. The number of unbranched alkanes of at least 4 members (excludes halogenated alkanes) is 2. The number of hydrogen-bond donors (Lipinski definition) is 0. The van der Waals surface area contributed by atoms with Crippen molar-refractivity contribution < 1.29 is 9.47 Å². The zero-order valence-electron chi connectivity index (χ0n) is 14.7. The first-order valence-electron chi connectivity index (χ1n) is 8.38. The molecule has 0 saturated heterocycles. The Bertz CT molecular complexity index is 930. The number of fused-ring (bicyclic) bond motifs is 1. The number of aromatic nitrogens is 2. The van der Waals surface area contributed by atoms with Crippen LogP contribution in [0.5, 0.6) is 11.5 Å². The molecule has 0 aliphatic carbocycles. The van der Waals surface area contributed by atoms with Gasteiger partial charge in [-0.15, -0.1) is 11.3 Å². The lowest BCUT2D eigenvalue weighted by molar-refractivity contribution is 0.355. The molecule has 6 heteroatoms. The van der Waals surface area contributed by atoms with Gasteiger partial charge in [0.2, 0.25) is 0 Å². The molecule has 2 heterocycles. The van der Waals surface area contributed by atoms with Crippen LogP contribution in [0.25, 0.3) is 21.3 Å². The summed E-state index contributed by atoms with van der Waals surface area (Å²) in [6.45, 7) is 2.86. The van der Waals surface area contributed by atoms with Crippen LogP contribution in [0.3, 0.4) is 0 Å². The summed E-state index contributed by atoms with van der Waals surface area (Å²) in [4.78, 5) is 18.2. The van der Waals surface area contributed by atoms with Crippen LogP contribution in [0.15, 0.2) is 34.7 Å². The summed E-state index contributed by atoms with van der Waals surface area (Å²) in [6, 6.07) is 5.69. The molecular weight excluding hydrogens is 336 g/mol. The average Bonchev–Trinajstić information content (AvgIpc) is 3.08. The van der Waals surface area contributed by atoms with E-state index in [2.05, 4.69) is 11.9 Å². The number of methoxy groups -OCH3 is 2. The van der Waals surface area contributed by atoms with Crippen LogP contribution >= 0.6 is 11.3 Å². The molecule has 0 N–H and O–H groups in total. The SMILES string of the molecule is CCCCCn1cnc2scc(-c3ccc(OC)c(OC)c3)c2c1=O. The third-order valence-corrected chi connectivity index (χ3v) is 5.14. The molecule has 0 bridgehead atoms. The van der Waals surface area contributed by atoms with Gasteiger partial charge in [-0.1, -0.05) is 25.8 Å². The number of benzene rings is 1. The lowest BCUT2D eigenvalue weighted by atomic mass is 10.1. The second-order valence-corrected chi connectivity index (χ2v) is 6.71. The van der Waals surface area contributed by atoms with Crippen LogP contribution in [0.4, 0.5) is 0 Å². The molecule has 0 aliphatic heterocycles. The minimum atomic E-state index is 0.0205. The second-order valence-electron chi connectivity index (χ2n) is 5.85. The minimum absolute atomic E-state index is 0.0205. The molecule has 0 fully saturated rings. The highest BCUT2D eigenvalue weighted by Crippen LogP contribution is 2.36. The molecule has 0 aliphatic rings. The van der Waals surface area contributed by atoms with Crippen molar-refractivity contribution in [1.82, 2.24) is 9.55 Å². The van der Waals surface area contributed by atoms with Crippen molar-refractivity contribution in [3.63, 3.8) is 0 Å². The number of rotatable bonds is 7. The van der Waals surface area contributed by atoms with Crippen molar-refractivity contribution in [2.45, 2.75) is 32.7 Å². The van der Waals surface area contributed by atoms with Crippen molar-refractivity contribution in [3.8, 4) is 22.6 Å². The van der Waals surface area contributed by atoms with Crippen LogP contribution < -0.4 is 15.0 Å². The van der Waals surface area contributed by atoms with E-state index in [-0.39, 0.29) is 5.56 Å². The molecule has 0 spiro atoms. The molecule has 1 aromatic carbocycles. The Hall–Kier alpha value is -2.34. The highest BCUT2D eigenvalue weighted by molar-refractivity contribution is 7.17. The van der Waals surface area contributed by atoms with Crippen molar-refractivity contribution in [2.24, 2.45) is 0 Å². The zero-order chi connectivity index (χ0) is 17.8. The van der Waals surface area contributed by atoms with Gasteiger partial charge in [-0.3, -0.25) is 9.36 Å². The van der Waals surface area contributed by atoms with E-state index < -0.39 is 0 Å². The molecule has 0 unspecified atom stereocenters. The molecule has 5 nitrogen and oxygen atoms in total. The third kappa shape index (κ3) is 3.39. The van der Waals surface area contributed by atoms with Gasteiger partial charge in [0, 0.05) is 17.5 Å². The maximum atomic E-state index is 12.9. The normalized spacial score (nSPS) is 11.0. The Morgan fingerprint density at radius 3 is 2.68 bits per heavy atom. The average molecular weight is 358 g/mol. The molecule has 0 radical (unpaired) electrons. The summed E-state index contributed by atoms with van der Waals surface area (Å²) in [6.07, 6.45) is 4.88. The number of nitrogens with zero attached hydrogens (tertiary/aromatic N) is 2. The Morgan fingerprint density at radius 1 is 1.16 bits per heavy atom. The fourth-order valence-corrected chi connectivity index (χ4v) is 3.78. The Morgan fingerprint density at radius 2 is 1.96 bits per heavy atom. The Kier molecular flexibility index (Phi) is 5.38. The molecule has 132 valence electrons. The van der Waals surface area contributed by atoms with Gasteiger partial charge in [0.05, 0.1) is 25.9 Å². The van der Waals surface area contributed by atoms with Gasteiger partial charge in [-0.05, 0) is 24.1 Å². The Labute approximate surface area is 150 Å². The summed E-state index contributed by atoms with van der Waals surface area (Å²) >= 11 is 1.49. The maximum Gasteiger partial charge on any atom is 0.262 e. The van der Waals surface area contributed by atoms with Crippen molar-refractivity contribution in [1.29, 1.82) is 0 Å². The predicted molar refractivity (Wildman–Crippen MR) is 102 cm³/mol. The van der Waals surface area contributed by atoms with Crippen LogP contribution in [-0.2, 0) is 6.54 Å². The molecular formula is C19H22N2O3S. The lowest BCUT2D eigenvalue weighted by Gasteiger charge is -2.09. The molecule has 0 atom stereocenters. The van der Waals surface area contributed by atoms with Gasteiger partial charge < -0.3 is 9.47 Å². The van der Waals surface area contributed by atoms with Gasteiger partial charge in [-0.25, -0.2) is 4.98 Å². The zero-order valence-corrected chi connectivity index (χ0v) is 15.6. The maximum absolute atomic E-state index is 12.9. The summed E-state index contributed by atoms with van der Waals surface area (Å²) in [7, 11) is 3.21. The Balaban J connectivity index is 2.08. The standard InChI is InChI=1S/C19H22N2O3S/c1-4-5-6-9-21-12-20-18-17(19(21)22)14(11-25-18)13-7-8-15(23-2)16(10-13)24-3/h7-8,10-12H,4-6,9H2,1-3H3. The van der Waals surface area contributed by atoms with Crippen molar-refractivity contribution in [3.05, 3.63) is 40.3 Å². The quantitative estimate of drug-likeness (QED) is 0.590. The van der Waals surface area contributed by atoms with Crippen molar-refractivity contribution >= 4 is 21.6 Å². The van der Waals surface area contributed by atoms with E-state index in [0.29, 0.717) is 23.4 Å². The molecule has 0 amide bonds. The monoisotopic (exact) mass is 358 g/mol. The van der Waals surface area contributed by atoms with E-state index in [1.807, 2.05) is 23.6 Å². The number of hydrogen-bond acceptors (Lipinski definition) is 5. The summed E-state index contributed by atoms with van der Waals surface area (Å²) in [5.41, 5.74) is 1.84. The number of ether oxygens (including phenoxy) is 2. The largest absolute Gasteiger partial charge is 0.493 e. The van der Waals surface area contributed by atoms with Crippen molar-refractivity contribution in [2.75, 3.05) is 14.2 Å². The van der Waals surface area contributed by atoms with Gasteiger partial charge in [-0.2, -0.15) is 0 Å². The third-order valence-electron chi connectivity index (χ3n) is 4.26. The number of thiophene rings is 1. The van der Waals surface area contributed by atoms with Crippen LogP contribution in [-0.4, -0.2) is 23.8 Å². The topological polar surface area (TPSA) is 53.4 Å². The van der Waals surface area contributed by atoms with Crippen LogP contribution in [0, 0.1) is 0 Å². The van der Waals surface area contributed by atoms with E-state index in [1.54, 1.807) is 25.1 Å². The second kappa shape index (κ2) is 7.70. The van der Waals surface area contributed by atoms with E-state index in [0.717, 1.165) is 35.2 Å². The van der Waals surface area contributed by atoms with E-state index >= 15 is 0 Å². The summed E-state index contributed by atoms with van der Waals surface area (Å²) in [5.74, 6) is 1.31. The first kappa shape index (κ1) is 17.5. The van der Waals surface area contributed by atoms with Gasteiger partial charge >= 0.3 is 0 Å². The van der Waals surface area contributed by atoms with Crippen LogP contribution in [0.2, 0.25) is 0 Å². The number of aryl methyl sites for hydroxylation is 1. The minimum Gasteiger partial charge on any atom is -0.493 e. The summed E-state index contributed by atoms with van der Waals surface area (Å²) < 4.78 is 12.4. The predicted octanol–water partition coefficient (Wildman–Crippen LogP) is 4.33. The van der Waals surface area contributed by atoms with E-state index in [4.69, 9.17) is 9.47 Å². The fourth-order valence-electron chi connectivity index (χ4n) is 2.88. The highest BCUT2D eigenvalue weighted by Gasteiger charge is 2.15. The lowest BCUT2D eigenvalue weighted by Crippen LogP contribution is -2.20. The molecule has 2 aromatic heterocycles. The smallest absolute Gasteiger partial charge is 0.262 e. The van der Waals surface area contributed by atoms with Crippen LogP contribution in [0.1, 0.15) is 26.2 Å².